The van der Waals surface area contributed by atoms with Crippen LogP contribution in [-0.2, 0) is 4.79 Å². The molecule has 0 aromatic heterocycles. The van der Waals surface area contributed by atoms with Crippen molar-refractivity contribution in [2.75, 3.05) is 27.2 Å². The smallest absolute Gasteiger partial charge is 0.240 e. The molecule has 1 saturated carbocycles. The van der Waals surface area contributed by atoms with Crippen molar-refractivity contribution in [3.63, 3.8) is 0 Å². The third-order valence-electron chi connectivity index (χ3n) is 3.42. The van der Waals surface area contributed by atoms with Gasteiger partial charge in [-0.25, -0.2) is 0 Å². The largest absolute Gasteiger partial charge is 0.337 e. The van der Waals surface area contributed by atoms with E-state index in [1.54, 1.807) is 0 Å². The zero-order chi connectivity index (χ0) is 11.7. The van der Waals surface area contributed by atoms with Gasteiger partial charge in [0.25, 0.3) is 0 Å². The Hall–Kier alpha value is -0.610. The second-order valence-corrected chi connectivity index (χ2v) is 5.43. The summed E-state index contributed by atoms with van der Waals surface area (Å²) in [6.45, 7) is 4.00. The molecular weight excluding hydrogens is 202 g/mol. The Labute approximate surface area is 98.0 Å². The van der Waals surface area contributed by atoms with E-state index in [-0.39, 0.29) is 6.04 Å². The highest BCUT2D eigenvalue weighted by atomic mass is 16.2. The van der Waals surface area contributed by atoms with Crippen molar-refractivity contribution < 1.29 is 4.79 Å². The lowest BCUT2D eigenvalue weighted by molar-refractivity contribution is -0.131. The van der Waals surface area contributed by atoms with Crippen molar-refractivity contribution >= 4 is 5.91 Å². The third-order valence-corrected chi connectivity index (χ3v) is 3.42. The molecule has 2 rings (SSSR count). The summed E-state index contributed by atoms with van der Waals surface area (Å²) in [4.78, 5) is 16.3. The molecule has 0 aromatic carbocycles. The maximum Gasteiger partial charge on any atom is 0.240 e. The van der Waals surface area contributed by atoms with Crippen molar-refractivity contribution in [3.8, 4) is 0 Å². The average Bonchev–Trinajstić information content (AvgIpc) is 2.91. The predicted octanol–water partition coefficient (Wildman–Crippen LogP) is 0.289. The molecule has 2 aliphatic rings. The van der Waals surface area contributed by atoms with Gasteiger partial charge in [-0.2, -0.15) is 0 Å². The summed E-state index contributed by atoms with van der Waals surface area (Å²) in [6, 6.07) is 1.05. The first kappa shape index (κ1) is 11.9. The minimum absolute atomic E-state index is 0.0945. The van der Waals surface area contributed by atoms with Crippen molar-refractivity contribution in [1.29, 1.82) is 0 Å². The molecule has 0 bridgehead atoms. The van der Waals surface area contributed by atoms with Crippen LogP contribution in [0.1, 0.15) is 26.2 Å². The molecule has 1 aliphatic heterocycles. The molecule has 92 valence electrons. The number of rotatable bonds is 5. The number of nitrogens with zero attached hydrogens (tertiary/aromatic N) is 2. The second kappa shape index (κ2) is 4.72. The molecule has 1 saturated heterocycles. The van der Waals surface area contributed by atoms with Crippen LogP contribution in [0.15, 0.2) is 0 Å². The lowest BCUT2D eigenvalue weighted by atomic mass is 10.2. The molecule has 1 amide bonds. The van der Waals surface area contributed by atoms with Crippen LogP contribution >= 0.6 is 0 Å². The molecule has 4 heteroatoms. The van der Waals surface area contributed by atoms with Crippen LogP contribution in [0.2, 0.25) is 0 Å². The Balaban J connectivity index is 1.84. The zero-order valence-electron chi connectivity index (χ0n) is 10.6. The number of amides is 1. The van der Waals surface area contributed by atoms with Gasteiger partial charge in [-0.3, -0.25) is 4.79 Å². The average molecular weight is 225 g/mol. The molecule has 4 nitrogen and oxygen atoms in total. The molecule has 2 atom stereocenters. The van der Waals surface area contributed by atoms with E-state index in [1.807, 2.05) is 4.90 Å². The number of carbonyl (C=O) groups excluding carboxylic acids is 1. The minimum Gasteiger partial charge on any atom is -0.337 e. The van der Waals surface area contributed by atoms with Gasteiger partial charge in [-0.1, -0.05) is 0 Å². The fraction of sp³-hybridized carbons (Fsp3) is 0.917. The first-order chi connectivity index (χ1) is 7.58. The third kappa shape index (κ3) is 2.74. The quantitative estimate of drug-likeness (QED) is 0.730. The molecule has 16 heavy (non-hydrogen) atoms. The molecule has 0 radical (unpaired) electrons. The van der Waals surface area contributed by atoms with Crippen LogP contribution in [0.25, 0.3) is 0 Å². The number of likely N-dealkylation sites (tertiary alicyclic amines) is 1. The van der Waals surface area contributed by atoms with Gasteiger partial charge in [0.05, 0.1) is 6.04 Å². The Bertz CT molecular complexity index is 263. The van der Waals surface area contributed by atoms with Gasteiger partial charge in [0.2, 0.25) is 5.91 Å². The van der Waals surface area contributed by atoms with E-state index in [4.69, 9.17) is 0 Å². The molecule has 2 fully saturated rings. The Morgan fingerprint density at radius 3 is 2.69 bits per heavy atom. The van der Waals surface area contributed by atoms with Gasteiger partial charge in [0.1, 0.15) is 0 Å². The van der Waals surface area contributed by atoms with E-state index in [0.717, 1.165) is 19.5 Å². The summed E-state index contributed by atoms with van der Waals surface area (Å²) in [7, 11) is 4.11. The standard InChI is InChI=1S/C12H23N3O/c1-9(8-14(2)3)15-7-6-11(12(15)16)13-10-4-5-10/h9-11,13H,4-8H2,1-3H3. The summed E-state index contributed by atoms with van der Waals surface area (Å²) in [5, 5.41) is 3.44. The summed E-state index contributed by atoms with van der Waals surface area (Å²) < 4.78 is 0. The van der Waals surface area contributed by atoms with Crippen LogP contribution in [0.4, 0.5) is 0 Å². The van der Waals surface area contributed by atoms with Gasteiger partial charge in [-0.15, -0.1) is 0 Å². The molecular formula is C12H23N3O. The fourth-order valence-corrected chi connectivity index (χ4v) is 2.46. The van der Waals surface area contributed by atoms with Gasteiger partial charge in [0, 0.05) is 25.2 Å². The Morgan fingerprint density at radius 2 is 2.12 bits per heavy atom. The summed E-state index contributed by atoms with van der Waals surface area (Å²) in [6.07, 6.45) is 3.47. The molecule has 0 spiro atoms. The number of likely N-dealkylation sites (N-methyl/N-ethyl adjacent to an activating group) is 1. The first-order valence-electron chi connectivity index (χ1n) is 6.29. The molecule has 1 heterocycles. The van der Waals surface area contributed by atoms with Crippen molar-refractivity contribution in [2.45, 2.75) is 44.3 Å². The normalized spacial score (nSPS) is 27.9. The lowest BCUT2D eigenvalue weighted by Crippen LogP contribution is -2.45. The second-order valence-electron chi connectivity index (χ2n) is 5.43. The molecule has 1 N–H and O–H groups in total. The van der Waals surface area contributed by atoms with E-state index in [2.05, 4.69) is 31.2 Å². The van der Waals surface area contributed by atoms with E-state index < -0.39 is 0 Å². The van der Waals surface area contributed by atoms with Crippen molar-refractivity contribution in [3.05, 3.63) is 0 Å². The molecule has 2 unspecified atom stereocenters. The number of nitrogens with one attached hydrogen (secondary N) is 1. The molecule has 1 aliphatic carbocycles. The maximum absolute atomic E-state index is 12.1. The highest BCUT2D eigenvalue weighted by molar-refractivity contribution is 5.84. The number of hydrogen-bond acceptors (Lipinski definition) is 3. The van der Waals surface area contributed by atoms with Gasteiger partial charge in [-0.05, 0) is 40.3 Å². The minimum atomic E-state index is 0.0945. The van der Waals surface area contributed by atoms with Crippen LogP contribution in [0, 0.1) is 0 Å². The van der Waals surface area contributed by atoms with Crippen LogP contribution in [0.5, 0.6) is 0 Å². The van der Waals surface area contributed by atoms with Crippen LogP contribution in [0.3, 0.4) is 0 Å². The van der Waals surface area contributed by atoms with Crippen molar-refractivity contribution in [2.24, 2.45) is 0 Å². The van der Waals surface area contributed by atoms with Crippen LogP contribution in [-0.4, -0.2) is 61.0 Å². The molecule has 0 aromatic rings. The SMILES string of the molecule is CC(CN(C)C)N1CCC(NC2CC2)C1=O. The summed E-state index contributed by atoms with van der Waals surface area (Å²) >= 11 is 0. The predicted molar refractivity (Wildman–Crippen MR) is 64.3 cm³/mol. The highest BCUT2D eigenvalue weighted by Gasteiger charge is 2.37. The van der Waals surface area contributed by atoms with Gasteiger partial charge < -0.3 is 15.1 Å². The topological polar surface area (TPSA) is 35.6 Å². The number of carbonyl (C=O) groups is 1. The summed E-state index contributed by atoms with van der Waals surface area (Å²) in [5.41, 5.74) is 0. The summed E-state index contributed by atoms with van der Waals surface area (Å²) in [5.74, 6) is 0.307. The Morgan fingerprint density at radius 1 is 1.44 bits per heavy atom. The number of hydrogen-bond donors (Lipinski definition) is 1. The Kier molecular flexibility index (Phi) is 3.50. The first-order valence-corrected chi connectivity index (χ1v) is 6.29. The highest BCUT2D eigenvalue weighted by Crippen LogP contribution is 2.23. The monoisotopic (exact) mass is 225 g/mol. The van der Waals surface area contributed by atoms with E-state index >= 15 is 0 Å². The maximum atomic E-state index is 12.1. The van der Waals surface area contributed by atoms with Gasteiger partial charge in [0.15, 0.2) is 0 Å². The van der Waals surface area contributed by atoms with E-state index in [1.165, 1.54) is 12.8 Å². The van der Waals surface area contributed by atoms with Crippen LogP contribution < -0.4 is 5.32 Å². The van der Waals surface area contributed by atoms with E-state index in [0.29, 0.717) is 18.0 Å². The van der Waals surface area contributed by atoms with Crippen molar-refractivity contribution in [1.82, 2.24) is 15.1 Å². The van der Waals surface area contributed by atoms with Gasteiger partial charge >= 0.3 is 0 Å². The lowest BCUT2D eigenvalue weighted by Gasteiger charge is -2.27. The van der Waals surface area contributed by atoms with E-state index in [9.17, 15) is 4.79 Å². The zero-order valence-corrected chi connectivity index (χ0v) is 10.6. The fourth-order valence-electron chi connectivity index (χ4n) is 2.46.